The molecule has 9 heteroatoms. The summed E-state index contributed by atoms with van der Waals surface area (Å²) in [6, 6.07) is 4.06. The summed E-state index contributed by atoms with van der Waals surface area (Å²) in [5.41, 5.74) is 4.80. The van der Waals surface area contributed by atoms with Gasteiger partial charge in [-0.3, -0.25) is 4.98 Å². The minimum Gasteiger partial charge on any atom is -0.452 e. The highest BCUT2D eigenvalue weighted by Crippen LogP contribution is 2.47. The number of nitrogens with zero attached hydrogens (tertiary/aromatic N) is 4. The molecule has 0 amide bonds. The Labute approximate surface area is 201 Å². The highest BCUT2D eigenvalue weighted by atomic mass is 32.2. The van der Waals surface area contributed by atoms with Gasteiger partial charge in [0.25, 0.3) is 0 Å². The molecule has 0 radical (unpaired) electrons. The SMILES string of the molecule is CNc1nccc2cc(-c3c4c(nc(CCC5CCOCC5)c3-c3nnc(C)o3)CCS4)oc12. The normalized spacial score (nSPS) is 16.3. The molecule has 6 rings (SSSR count). The number of anilines is 1. The Balaban J connectivity index is 1.53. The average Bonchev–Trinajstić information content (AvgIpc) is 3.61. The predicted octanol–water partition coefficient (Wildman–Crippen LogP) is 5.30. The van der Waals surface area contributed by atoms with Gasteiger partial charge in [0.1, 0.15) is 5.76 Å². The van der Waals surface area contributed by atoms with E-state index in [1.807, 2.05) is 31.8 Å². The van der Waals surface area contributed by atoms with Crippen LogP contribution in [-0.4, -0.2) is 46.2 Å². The van der Waals surface area contributed by atoms with Gasteiger partial charge in [-0.15, -0.1) is 22.0 Å². The van der Waals surface area contributed by atoms with Crippen molar-refractivity contribution in [2.75, 3.05) is 31.3 Å². The number of aryl methyl sites for hydroxylation is 3. The van der Waals surface area contributed by atoms with Gasteiger partial charge in [0.05, 0.1) is 17.0 Å². The second kappa shape index (κ2) is 9.03. The molecule has 0 spiro atoms. The largest absolute Gasteiger partial charge is 0.452 e. The van der Waals surface area contributed by atoms with Gasteiger partial charge in [-0.25, -0.2) is 4.98 Å². The highest BCUT2D eigenvalue weighted by Gasteiger charge is 2.30. The third-order valence-electron chi connectivity index (χ3n) is 6.67. The summed E-state index contributed by atoms with van der Waals surface area (Å²) < 4.78 is 18.0. The Bertz CT molecular complexity index is 1340. The number of aromatic nitrogens is 4. The zero-order chi connectivity index (χ0) is 23.1. The number of hydrogen-bond donors (Lipinski definition) is 1. The number of thioether (sulfide) groups is 1. The van der Waals surface area contributed by atoms with E-state index in [9.17, 15) is 0 Å². The summed E-state index contributed by atoms with van der Waals surface area (Å²) in [5.74, 6) is 4.20. The molecular formula is C25H27N5O3S. The summed E-state index contributed by atoms with van der Waals surface area (Å²) in [4.78, 5) is 10.7. The van der Waals surface area contributed by atoms with Crippen LogP contribution in [0.5, 0.6) is 0 Å². The van der Waals surface area contributed by atoms with Crippen LogP contribution in [0, 0.1) is 12.8 Å². The smallest absolute Gasteiger partial charge is 0.250 e. The lowest BCUT2D eigenvalue weighted by atomic mass is 9.91. The van der Waals surface area contributed by atoms with Gasteiger partial charge >= 0.3 is 0 Å². The van der Waals surface area contributed by atoms with Crippen LogP contribution in [0.25, 0.3) is 33.7 Å². The van der Waals surface area contributed by atoms with Gasteiger partial charge in [-0.1, -0.05) is 0 Å². The van der Waals surface area contributed by atoms with E-state index in [-0.39, 0.29) is 0 Å². The summed E-state index contributed by atoms with van der Waals surface area (Å²) in [7, 11) is 1.85. The van der Waals surface area contributed by atoms with E-state index in [1.54, 1.807) is 6.20 Å². The molecular weight excluding hydrogens is 450 g/mol. The lowest BCUT2D eigenvalue weighted by Gasteiger charge is -2.22. The molecule has 4 aromatic heterocycles. The maximum absolute atomic E-state index is 6.45. The first-order valence-corrected chi connectivity index (χ1v) is 12.8. The zero-order valence-electron chi connectivity index (χ0n) is 19.4. The van der Waals surface area contributed by atoms with Gasteiger partial charge in [0, 0.05) is 61.4 Å². The monoisotopic (exact) mass is 477 g/mol. The van der Waals surface area contributed by atoms with Crippen molar-refractivity contribution in [3.8, 4) is 22.8 Å². The number of nitrogens with one attached hydrogen (secondary N) is 1. The molecule has 4 aromatic rings. The Morgan fingerprint density at radius 3 is 2.82 bits per heavy atom. The summed E-state index contributed by atoms with van der Waals surface area (Å²) >= 11 is 1.82. The molecule has 0 saturated carbocycles. The number of pyridine rings is 2. The maximum Gasteiger partial charge on any atom is 0.250 e. The molecule has 2 aliphatic rings. The standard InChI is InChI=1S/C25H27N5O3S/c1-14-29-30-25(32-14)20-17(4-3-15-6-10-31-11-7-15)28-18-8-12-34-23(18)21(20)19-13-16-5-9-27-24(26-2)22(16)33-19/h5,9,13,15H,3-4,6-8,10-12H2,1-2H3,(H,26,27). The Morgan fingerprint density at radius 2 is 2.03 bits per heavy atom. The quantitative estimate of drug-likeness (QED) is 0.397. The Kier molecular flexibility index (Phi) is 5.74. The number of hydrogen-bond acceptors (Lipinski definition) is 9. The van der Waals surface area contributed by atoms with Crippen molar-refractivity contribution in [2.45, 2.75) is 43.9 Å². The van der Waals surface area contributed by atoms with Crippen molar-refractivity contribution in [2.24, 2.45) is 5.92 Å². The van der Waals surface area contributed by atoms with Crippen LogP contribution in [0.3, 0.4) is 0 Å². The molecule has 0 aromatic carbocycles. The molecule has 0 atom stereocenters. The van der Waals surface area contributed by atoms with Crippen LogP contribution < -0.4 is 5.32 Å². The van der Waals surface area contributed by atoms with Crippen LogP contribution >= 0.6 is 11.8 Å². The van der Waals surface area contributed by atoms with Crippen LogP contribution in [-0.2, 0) is 17.6 Å². The summed E-state index contributed by atoms with van der Waals surface area (Å²) in [6.07, 6.45) is 6.87. The van der Waals surface area contributed by atoms with E-state index in [0.29, 0.717) is 17.7 Å². The van der Waals surface area contributed by atoms with E-state index in [0.717, 1.165) is 101 Å². The minimum absolute atomic E-state index is 0.504. The van der Waals surface area contributed by atoms with Gasteiger partial charge in [-0.05, 0) is 43.7 Å². The van der Waals surface area contributed by atoms with Crippen molar-refractivity contribution in [1.29, 1.82) is 0 Å². The molecule has 1 fully saturated rings. The summed E-state index contributed by atoms with van der Waals surface area (Å²) in [5, 5.41) is 12.7. The maximum atomic E-state index is 6.45. The fourth-order valence-corrected chi connectivity index (χ4v) is 6.09. The second-order valence-corrected chi connectivity index (χ2v) is 9.95. The van der Waals surface area contributed by atoms with Crippen molar-refractivity contribution in [3.05, 3.63) is 35.6 Å². The molecule has 34 heavy (non-hydrogen) atoms. The molecule has 1 saturated heterocycles. The average molecular weight is 478 g/mol. The van der Waals surface area contributed by atoms with E-state index in [4.69, 9.17) is 18.6 Å². The molecule has 0 aliphatic carbocycles. The molecule has 0 bridgehead atoms. The lowest BCUT2D eigenvalue weighted by Crippen LogP contribution is -2.16. The zero-order valence-corrected chi connectivity index (χ0v) is 20.2. The van der Waals surface area contributed by atoms with Gasteiger partial charge in [0.15, 0.2) is 11.4 Å². The van der Waals surface area contributed by atoms with Crippen LogP contribution in [0.1, 0.15) is 36.5 Å². The van der Waals surface area contributed by atoms with Crippen molar-refractivity contribution in [3.63, 3.8) is 0 Å². The van der Waals surface area contributed by atoms with Gasteiger partial charge < -0.3 is 18.9 Å². The number of rotatable bonds is 6. The van der Waals surface area contributed by atoms with E-state index < -0.39 is 0 Å². The number of furan rings is 1. The van der Waals surface area contributed by atoms with Crippen molar-refractivity contribution >= 4 is 28.5 Å². The highest BCUT2D eigenvalue weighted by molar-refractivity contribution is 7.99. The van der Waals surface area contributed by atoms with Crippen LogP contribution in [0.2, 0.25) is 0 Å². The Morgan fingerprint density at radius 1 is 1.15 bits per heavy atom. The molecule has 1 N–H and O–H groups in total. The first kappa shape index (κ1) is 21.6. The molecule has 176 valence electrons. The minimum atomic E-state index is 0.504. The topological polar surface area (TPSA) is 99.1 Å². The number of fused-ring (bicyclic) bond motifs is 2. The Hall–Kier alpha value is -2.91. The van der Waals surface area contributed by atoms with Crippen molar-refractivity contribution < 1.29 is 13.6 Å². The number of ether oxygens (including phenoxy) is 1. The van der Waals surface area contributed by atoms with E-state index in [1.165, 1.54) is 0 Å². The fraction of sp³-hybridized carbons (Fsp3) is 0.440. The lowest BCUT2D eigenvalue weighted by molar-refractivity contribution is 0.0639. The molecule has 8 nitrogen and oxygen atoms in total. The van der Waals surface area contributed by atoms with E-state index >= 15 is 0 Å². The molecule has 2 aliphatic heterocycles. The summed E-state index contributed by atoms with van der Waals surface area (Å²) in [6.45, 7) is 3.51. The van der Waals surface area contributed by atoms with E-state index in [2.05, 4.69) is 26.6 Å². The van der Waals surface area contributed by atoms with Gasteiger partial charge in [-0.2, -0.15) is 0 Å². The first-order valence-electron chi connectivity index (χ1n) is 11.8. The first-order chi connectivity index (χ1) is 16.7. The van der Waals surface area contributed by atoms with Crippen LogP contribution in [0.15, 0.2) is 32.1 Å². The third kappa shape index (κ3) is 3.86. The molecule has 6 heterocycles. The molecule has 0 unspecified atom stereocenters. The van der Waals surface area contributed by atoms with Crippen molar-refractivity contribution in [1.82, 2.24) is 20.2 Å². The predicted molar refractivity (Wildman–Crippen MR) is 131 cm³/mol. The fourth-order valence-electron chi connectivity index (χ4n) is 4.93. The van der Waals surface area contributed by atoms with Crippen LogP contribution in [0.4, 0.5) is 5.82 Å². The van der Waals surface area contributed by atoms with Gasteiger partial charge in [0.2, 0.25) is 11.8 Å². The third-order valence-corrected chi connectivity index (χ3v) is 7.81. The second-order valence-electron chi connectivity index (χ2n) is 8.84.